The van der Waals surface area contributed by atoms with Crippen molar-refractivity contribution in [2.75, 3.05) is 17.5 Å². The van der Waals surface area contributed by atoms with Gasteiger partial charge in [0.05, 0.1) is 0 Å². The van der Waals surface area contributed by atoms with Gasteiger partial charge in [-0.25, -0.2) is 4.79 Å². The fourth-order valence-electron chi connectivity index (χ4n) is 1.78. The van der Waals surface area contributed by atoms with Crippen LogP contribution in [0, 0.1) is 0 Å². The second kappa shape index (κ2) is 8.49. The molecule has 4 heteroatoms. The fraction of sp³-hybridized carbons (Fsp3) is 0.562. The Morgan fingerprint density at radius 3 is 2.40 bits per heavy atom. The van der Waals surface area contributed by atoms with Crippen LogP contribution in [0.15, 0.2) is 30.3 Å². The minimum absolute atomic E-state index is 0.210. The lowest BCUT2D eigenvalue weighted by Crippen LogP contribution is -2.38. The van der Waals surface area contributed by atoms with Crippen LogP contribution in [0.1, 0.15) is 32.8 Å². The highest BCUT2D eigenvalue weighted by Crippen LogP contribution is 2.11. The second-order valence-corrected chi connectivity index (χ2v) is 6.82. The van der Waals surface area contributed by atoms with Gasteiger partial charge >= 0.3 is 6.09 Å². The van der Waals surface area contributed by atoms with Crippen molar-refractivity contribution in [3.63, 3.8) is 0 Å². The molecule has 0 aromatic heterocycles. The van der Waals surface area contributed by atoms with Gasteiger partial charge in [-0.3, -0.25) is 0 Å². The van der Waals surface area contributed by atoms with Crippen LogP contribution in [0.4, 0.5) is 4.79 Å². The summed E-state index contributed by atoms with van der Waals surface area (Å²) in [4.78, 5) is 14.0. The first-order valence-corrected chi connectivity index (χ1v) is 8.53. The molecule has 0 atom stereocenters. The van der Waals surface area contributed by atoms with Crippen LogP contribution in [-0.4, -0.2) is 34.1 Å². The number of carbonyl (C=O) groups excluding carboxylic acids is 1. The molecule has 0 saturated carbocycles. The summed E-state index contributed by atoms with van der Waals surface area (Å²) in [5, 5.41) is 0. The molecule has 0 aliphatic rings. The van der Waals surface area contributed by atoms with E-state index in [1.54, 1.807) is 0 Å². The number of hydrogen-bond acceptors (Lipinski definition) is 2. The number of ether oxygens (including phenoxy) is 1. The van der Waals surface area contributed by atoms with Crippen molar-refractivity contribution in [2.45, 2.75) is 39.2 Å². The highest BCUT2D eigenvalue weighted by molar-refractivity contribution is 14.1. The quantitative estimate of drug-likeness (QED) is 0.537. The summed E-state index contributed by atoms with van der Waals surface area (Å²) < 4.78 is 6.51. The average molecular weight is 389 g/mol. The maximum Gasteiger partial charge on any atom is 0.410 e. The van der Waals surface area contributed by atoms with Crippen LogP contribution in [0.2, 0.25) is 0 Å². The molecule has 0 spiro atoms. The summed E-state index contributed by atoms with van der Waals surface area (Å²) in [5.41, 5.74) is 0.808. The SMILES string of the molecule is CC(C)(C)OC(=O)N(CCCI)CCc1ccccc1. The lowest BCUT2D eigenvalue weighted by molar-refractivity contribution is 0.0253. The van der Waals surface area contributed by atoms with Crippen LogP contribution in [-0.2, 0) is 11.2 Å². The number of rotatable bonds is 6. The third-order valence-corrected chi connectivity index (χ3v) is 3.49. The highest BCUT2D eigenvalue weighted by Gasteiger charge is 2.21. The molecule has 112 valence electrons. The van der Waals surface area contributed by atoms with Gasteiger partial charge < -0.3 is 9.64 Å². The van der Waals surface area contributed by atoms with E-state index < -0.39 is 5.60 Å². The normalized spacial score (nSPS) is 11.2. The monoisotopic (exact) mass is 389 g/mol. The Hall–Kier alpha value is -0.780. The fourth-order valence-corrected chi connectivity index (χ4v) is 2.12. The van der Waals surface area contributed by atoms with Gasteiger partial charge in [-0.1, -0.05) is 52.9 Å². The number of hydrogen-bond donors (Lipinski definition) is 0. The topological polar surface area (TPSA) is 29.5 Å². The zero-order chi connectivity index (χ0) is 15.0. The lowest BCUT2D eigenvalue weighted by atomic mass is 10.1. The first kappa shape index (κ1) is 17.3. The molecule has 0 aliphatic carbocycles. The Bertz CT molecular complexity index is 401. The predicted octanol–water partition coefficient (Wildman–Crippen LogP) is 4.29. The Kier molecular flexibility index (Phi) is 7.34. The summed E-state index contributed by atoms with van der Waals surface area (Å²) >= 11 is 2.33. The number of halogens is 1. The van der Waals surface area contributed by atoms with Crippen molar-refractivity contribution in [3.05, 3.63) is 35.9 Å². The average Bonchev–Trinajstić information content (AvgIpc) is 2.38. The zero-order valence-electron chi connectivity index (χ0n) is 12.6. The van der Waals surface area contributed by atoms with E-state index in [-0.39, 0.29) is 6.09 Å². The van der Waals surface area contributed by atoms with E-state index in [0.717, 1.165) is 23.8 Å². The summed E-state index contributed by atoms with van der Waals surface area (Å²) in [7, 11) is 0. The van der Waals surface area contributed by atoms with Crippen LogP contribution < -0.4 is 0 Å². The lowest BCUT2D eigenvalue weighted by Gasteiger charge is -2.27. The number of alkyl halides is 1. The van der Waals surface area contributed by atoms with E-state index in [1.807, 2.05) is 43.9 Å². The number of benzene rings is 1. The second-order valence-electron chi connectivity index (χ2n) is 5.75. The minimum atomic E-state index is -0.438. The summed E-state index contributed by atoms with van der Waals surface area (Å²) in [6.45, 7) is 7.16. The molecule has 0 radical (unpaired) electrons. The molecular weight excluding hydrogens is 365 g/mol. The van der Waals surface area contributed by atoms with Crippen LogP contribution in [0.5, 0.6) is 0 Å². The van der Waals surface area contributed by atoms with Crippen molar-refractivity contribution in [3.8, 4) is 0 Å². The molecule has 0 heterocycles. The first-order valence-electron chi connectivity index (χ1n) is 7.00. The maximum atomic E-state index is 12.2. The molecule has 0 bridgehead atoms. The smallest absolute Gasteiger partial charge is 0.410 e. The molecule has 0 unspecified atom stereocenters. The van der Waals surface area contributed by atoms with Gasteiger partial charge in [-0.15, -0.1) is 0 Å². The maximum absolute atomic E-state index is 12.2. The standard InChI is InChI=1S/C16H24INO2/c1-16(2,3)20-15(19)18(12-7-11-17)13-10-14-8-5-4-6-9-14/h4-6,8-9H,7,10-13H2,1-3H3. The van der Waals surface area contributed by atoms with E-state index in [9.17, 15) is 4.79 Å². The van der Waals surface area contributed by atoms with Crippen molar-refractivity contribution in [1.82, 2.24) is 4.90 Å². The summed E-state index contributed by atoms with van der Waals surface area (Å²) in [5.74, 6) is 0. The Morgan fingerprint density at radius 2 is 1.85 bits per heavy atom. The summed E-state index contributed by atoms with van der Waals surface area (Å²) in [6.07, 6.45) is 1.65. The van der Waals surface area contributed by atoms with Gasteiger partial charge in [0.2, 0.25) is 0 Å². The van der Waals surface area contributed by atoms with Crippen LogP contribution >= 0.6 is 22.6 Å². The third-order valence-electron chi connectivity index (χ3n) is 2.73. The molecule has 1 amide bonds. The molecule has 0 N–H and O–H groups in total. The summed E-state index contributed by atoms with van der Waals surface area (Å²) in [6, 6.07) is 10.2. The third kappa shape index (κ3) is 7.12. The number of amides is 1. The Balaban J connectivity index is 2.57. The molecule has 0 fully saturated rings. The van der Waals surface area contributed by atoms with E-state index in [0.29, 0.717) is 6.54 Å². The Labute approximate surface area is 135 Å². The molecule has 1 rings (SSSR count). The van der Waals surface area contributed by atoms with Gasteiger partial charge in [-0.05, 0) is 39.2 Å². The zero-order valence-corrected chi connectivity index (χ0v) is 14.7. The van der Waals surface area contributed by atoms with Crippen molar-refractivity contribution < 1.29 is 9.53 Å². The van der Waals surface area contributed by atoms with Crippen molar-refractivity contribution >= 4 is 28.7 Å². The largest absolute Gasteiger partial charge is 0.444 e. The van der Waals surface area contributed by atoms with E-state index >= 15 is 0 Å². The molecular formula is C16H24INO2. The number of carbonyl (C=O) groups is 1. The van der Waals surface area contributed by atoms with E-state index in [4.69, 9.17) is 4.74 Å². The first-order chi connectivity index (χ1) is 9.42. The molecule has 20 heavy (non-hydrogen) atoms. The minimum Gasteiger partial charge on any atom is -0.444 e. The van der Waals surface area contributed by atoms with E-state index in [2.05, 4.69) is 34.7 Å². The van der Waals surface area contributed by atoms with E-state index in [1.165, 1.54) is 5.56 Å². The molecule has 1 aromatic carbocycles. The molecule has 0 saturated heterocycles. The van der Waals surface area contributed by atoms with Gasteiger partial charge in [0.15, 0.2) is 0 Å². The Morgan fingerprint density at radius 1 is 1.20 bits per heavy atom. The van der Waals surface area contributed by atoms with Gasteiger partial charge in [0.1, 0.15) is 5.60 Å². The molecule has 3 nitrogen and oxygen atoms in total. The van der Waals surface area contributed by atoms with Crippen molar-refractivity contribution in [1.29, 1.82) is 0 Å². The molecule has 0 aliphatic heterocycles. The number of nitrogens with zero attached hydrogens (tertiary/aromatic N) is 1. The highest BCUT2D eigenvalue weighted by atomic mass is 127. The van der Waals surface area contributed by atoms with Crippen molar-refractivity contribution in [2.24, 2.45) is 0 Å². The van der Waals surface area contributed by atoms with Gasteiger partial charge in [0.25, 0.3) is 0 Å². The predicted molar refractivity (Wildman–Crippen MR) is 91.5 cm³/mol. The van der Waals surface area contributed by atoms with Gasteiger partial charge in [-0.2, -0.15) is 0 Å². The van der Waals surface area contributed by atoms with Gasteiger partial charge in [0, 0.05) is 17.5 Å². The van der Waals surface area contributed by atoms with Crippen LogP contribution in [0.25, 0.3) is 0 Å². The van der Waals surface area contributed by atoms with Crippen LogP contribution in [0.3, 0.4) is 0 Å². The molecule has 1 aromatic rings.